The number of allylic oxidation sites excluding steroid dienone is 2. The fraction of sp³-hybridized carbons (Fsp3) is 0.853. The molecule has 0 spiro atoms. The van der Waals surface area contributed by atoms with Crippen LogP contribution in [0.2, 0.25) is 0 Å². The van der Waals surface area contributed by atoms with Crippen molar-refractivity contribution >= 4 is 25.7 Å². The highest BCUT2D eigenvalue weighted by Crippen LogP contribution is 2.43. The van der Waals surface area contributed by atoms with Crippen LogP contribution in [0, 0.1) is 0 Å². The molecule has 0 aromatic carbocycles. The zero-order valence-corrected chi connectivity index (χ0v) is 29.5. The van der Waals surface area contributed by atoms with Crippen LogP contribution in [0.25, 0.3) is 0 Å². The molecule has 4 N–H and O–H groups in total. The average Bonchev–Trinajstić information content (AvgIpc) is 3.02. The lowest BCUT2D eigenvalue weighted by molar-refractivity contribution is -0.147. The predicted octanol–water partition coefficient (Wildman–Crippen LogP) is 7.77. The van der Waals surface area contributed by atoms with Crippen molar-refractivity contribution in [2.24, 2.45) is 0 Å². The minimum atomic E-state index is -4.74. The van der Waals surface area contributed by atoms with Crippen LogP contribution in [0.3, 0.4) is 0 Å². The molecule has 11 nitrogen and oxygen atoms in total. The van der Waals surface area contributed by atoms with Crippen LogP contribution in [-0.4, -0.2) is 64.9 Å². The summed E-state index contributed by atoms with van der Waals surface area (Å²) in [5, 5.41) is 21.6. The zero-order chi connectivity index (χ0) is 34.3. The normalized spacial score (nSPS) is 14.2. The van der Waals surface area contributed by atoms with Crippen molar-refractivity contribution in [2.75, 3.05) is 19.8 Å². The van der Waals surface area contributed by atoms with Crippen molar-refractivity contribution in [2.45, 2.75) is 167 Å². The molecule has 3 atom stereocenters. The number of unbranched alkanes of at least 4 members (excludes halogenated alkanes) is 17. The van der Waals surface area contributed by atoms with E-state index < -0.39 is 57.6 Å². The van der Waals surface area contributed by atoms with Gasteiger partial charge in [0, 0.05) is 12.8 Å². The SMILES string of the molecule is CCC/C=C\CCCCCCCC(=O)NC(COP(=O)(O)OCC(O)COC(=O)CCCCCCCCCCCCCC)C(=O)O. The summed E-state index contributed by atoms with van der Waals surface area (Å²) in [6.07, 6.45) is 25.4. The number of aliphatic carboxylic acids is 1. The first-order valence-electron chi connectivity index (χ1n) is 17.7. The maximum absolute atomic E-state index is 12.2. The second-order valence-electron chi connectivity index (χ2n) is 12.1. The summed E-state index contributed by atoms with van der Waals surface area (Å²) >= 11 is 0. The number of rotatable bonds is 33. The Labute approximate surface area is 277 Å². The van der Waals surface area contributed by atoms with Crippen molar-refractivity contribution < 1.29 is 47.8 Å². The van der Waals surface area contributed by atoms with Crippen LogP contribution in [0.15, 0.2) is 12.2 Å². The second-order valence-corrected chi connectivity index (χ2v) is 13.5. The van der Waals surface area contributed by atoms with Gasteiger partial charge in [-0.3, -0.25) is 18.6 Å². The van der Waals surface area contributed by atoms with Gasteiger partial charge in [-0.25, -0.2) is 9.36 Å². The summed E-state index contributed by atoms with van der Waals surface area (Å²) in [6, 6.07) is -1.54. The molecule has 12 heteroatoms. The molecule has 1 amide bonds. The molecule has 46 heavy (non-hydrogen) atoms. The Morgan fingerprint density at radius 1 is 0.674 bits per heavy atom. The Kier molecular flexibility index (Phi) is 29.4. The van der Waals surface area contributed by atoms with E-state index in [0.717, 1.165) is 64.2 Å². The number of carbonyl (C=O) groups excluding carboxylic acids is 2. The van der Waals surface area contributed by atoms with Gasteiger partial charge in [-0.1, -0.05) is 122 Å². The van der Waals surface area contributed by atoms with Crippen LogP contribution >= 0.6 is 7.82 Å². The number of phosphoric acid groups is 1. The number of carbonyl (C=O) groups is 3. The lowest BCUT2D eigenvalue weighted by Gasteiger charge is -2.18. The number of ether oxygens (including phenoxy) is 1. The summed E-state index contributed by atoms with van der Waals surface area (Å²) in [5.74, 6) is -2.39. The molecule has 0 rings (SSSR count). The van der Waals surface area contributed by atoms with Gasteiger partial charge in [0.1, 0.15) is 12.7 Å². The Morgan fingerprint density at radius 2 is 1.17 bits per heavy atom. The third kappa shape index (κ3) is 29.6. The fourth-order valence-corrected chi connectivity index (χ4v) is 5.50. The number of phosphoric ester groups is 1. The van der Waals surface area contributed by atoms with Crippen molar-refractivity contribution in [1.82, 2.24) is 5.32 Å². The molecule has 0 aromatic rings. The Balaban J connectivity index is 3.99. The molecule has 0 radical (unpaired) electrons. The number of esters is 1. The van der Waals surface area contributed by atoms with E-state index in [1.165, 1.54) is 51.4 Å². The number of hydrogen-bond acceptors (Lipinski definition) is 8. The van der Waals surface area contributed by atoms with Gasteiger partial charge in [0.05, 0.1) is 13.2 Å². The third-order valence-electron chi connectivity index (χ3n) is 7.54. The number of carboxylic acid groups (broad SMARTS) is 1. The second kappa shape index (κ2) is 30.5. The minimum absolute atomic E-state index is 0.137. The lowest BCUT2D eigenvalue weighted by atomic mass is 10.0. The van der Waals surface area contributed by atoms with Crippen LogP contribution in [0.5, 0.6) is 0 Å². The van der Waals surface area contributed by atoms with Crippen molar-refractivity contribution in [1.29, 1.82) is 0 Å². The summed E-state index contributed by atoms with van der Waals surface area (Å²) < 4.78 is 26.6. The van der Waals surface area contributed by atoms with Crippen molar-refractivity contribution in [3.05, 3.63) is 12.2 Å². The van der Waals surface area contributed by atoms with E-state index in [-0.39, 0.29) is 12.8 Å². The zero-order valence-electron chi connectivity index (χ0n) is 28.6. The number of aliphatic hydroxyl groups is 1. The molecule has 0 aliphatic heterocycles. The number of hydrogen-bond donors (Lipinski definition) is 4. The van der Waals surface area contributed by atoms with Gasteiger partial charge in [0.2, 0.25) is 5.91 Å². The molecule has 0 heterocycles. The molecular formula is C34H64NO10P. The van der Waals surface area contributed by atoms with Gasteiger partial charge in [-0.2, -0.15) is 0 Å². The summed E-state index contributed by atoms with van der Waals surface area (Å²) in [6.45, 7) is 2.48. The monoisotopic (exact) mass is 677 g/mol. The van der Waals surface area contributed by atoms with Gasteiger partial charge in [0.25, 0.3) is 0 Å². The number of amides is 1. The largest absolute Gasteiger partial charge is 0.480 e. The van der Waals surface area contributed by atoms with E-state index in [2.05, 4.69) is 31.3 Å². The maximum Gasteiger partial charge on any atom is 0.472 e. The number of carboxylic acids is 1. The standard InChI is InChI=1S/C34H64NO10P/c1-3-5-7-9-11-13-15-16-18-20-22-24-26-33(38)43-27-30(36)28-44-46(41,42)45-29-31(34(39)40)35-32(37)25-23-21-19-17-14-12-10-8-6-4-2/h8,10,30-31,36H,3-7,9,11-29H2,1-2H3,(H,35,37)(H,39,40)(H,41,42)/b10-8-. The van der Waals surface area contributed by atoms with Gasteiger partial charge >= 0.3 is 19.8 Å². The third-order valence-corrected chi connectivity index (χ3v) is 8.49. The molecule has 0 fully saturated rings. The van der Waals surface area contributed by atoms with Crippen LogP contribution in [-0.2, 0) is 32.7 Å². The van der Waals surface area contributed by atoms with E-state index in [1.807, 2.05) is 0 Å². The molecule has 0 aliphatic carbocycles. The quantitative estimate of drug-likeness (QED) is 0.0233. The minimum Gasteiger partial charge on any atom is -0.480 e. The van der Waals surface area contributed by atoms with Crippen molar-refractivity contribution in [3.8, 4) is 0 Å². The van der Waals surface area contributed by atoms with E-state index in [9.17, 15) is 34.1 Å². The van der Waals surface area contributed by atoms with Gasteiger partial charge in [0.15, 0.2) is 6.04 Å². The molecule has 3 unspecified atom stereocenters. The van der Waals surface area contributed by atoms with E-state index in [0.29, 0.717) is 12.8 Å². The highest BCUT2D eigenvalue weighted by atomic mass is 31.2. The van der Waals surface area contributed by atoms with Crippen LogP contribution in [0.1, 0.15) is 155 Å². The Morgan fingerprint density at radius 3 is 1.74 bits per heavy atom. The summed E-state index contributed by atoms with van der Waals surface area (Å²) in [4.78, 5) is 45.5. The Bertz CT molecular complexity index is 854. The van der Waals surface area contributed by atoms with Gasteiger partial charge < -0.3 is 25.2 Å². The van der Waals surface area contributed by atoms with Crippen molar-refractivity contribution in [3.63, 3.8) is 0 Å². The maximum atomic E-state index is 12.2. The summed E-state index contributed by atoms with van der Waals surface area (Å²) in [7, 11) is -4.74. The van der Waals surface area contributed by atoms with E-state index in [1.54, 1.807) is 0 Å². The molecule has 0 bridgehead atoms. The number of nitrogens with one attached hydrogen (secondary N) is 1. The molecular weight excluding hydrogens is 613 g/mol. The Hall–Kier alpha value is -1.78. The van der Waals surface area contributed by atoms with Gasteiger partial charge in [-0.15, -0.1) is 0 Å². The van der Waals surface area contributed by atoms with E-state index in [4.69, 9.17) is 13.8 Å². The first-order valence-corrected chi connectivity index (χ1v) is 19.2. The molecule has 0 aromatic heterocycles. The highest BCUT2D eigenvalue weighted by Gasteiger charge is 2.28. The first-order chi connectivity index (χ1) is 22.1. The fourth-order valence-electron chi connectivity index (χ4n) is 4.73. The van der Waals surface area contributed by atoms with Crippen LogP contribution < -0.4 is 5.32 Å². The average molecular weight is 678 g/mol. The topological polar surface area (TPSA) is 169 Å². The first kappa shape index (κ1) is 44.2. The predicted molar refractivity (Wildman–Crippen MR) is 180 cm³/mol. The molecule has 0 aliphatic rings. The van der Waals surface area contributed by atoms with Crippen LogP contribution in [0.4, 0.5) is 0 Å². The highest BCUT2D eigenvalue weighted by molar-refractivity contribution is 7.47. The number of aliphatic hydroxyl groups excluding tert-OH is 1. The lowest BCUT2D eigenvalue weighted by Crippen LogP contribution is -2.43. The summed E-state index contributed by atoms with van der Waals surface area (Å²) in [5.41, 5.74) is 0. The smallest absolute Gasteiger partial charge is 0.472 e. The van der Waals surface area contributed by atoms with E-state index >= 15 is 0 Å². The molecule has 270 valence electrons. The molecule has 0 saturated carbocycles. The molecule has 0 saturated heterocycles. The van der Waals surface area contributed by atoms with Gasteiger partial charge in [-0.05, 0) is 32.1 Å².